The van der Waals surface area contributed by atoms with Crippen LogP contribution in [0.4, 0.5) is 5.69 Å². The number of nitrogens with zero attached hydrogens (tertiary/aromatic N) is 3. The lowest BCUT2D eigenvalue weighted by molar-refractivity contribution is 0.101. The second kappa shape index (κ2) is 8.05. The van der Waals surface area contributed by atoms with Gasteiger partial charge in [-0.1, -0.05) is 40.0 Å². The number of nitrogens with one attached hydrogen (secondary N) is 1. The van der Waals surface area contributed by atoms with Gasteiger partial charge < -0.3 is 10.1 Å². The molecule has 1 amide bonds. The second-order valence-electron chi connectivity index (χ2n) is 5.29. The fraction of sp³-hybridized carbons (Fsp3) is 0.118. The third kappa shape index (κ3) is 3.99. The fourth-order valence-corrected chi connectivity index (χ4v) is 2.72. The summed E-state index contributed by atoms with van der Waals surface area (Å²) in [4.78, 5) is 12.6. The van der Waals surface area contributed by atoms with Crippen LogP contribution in [0, 0.1) is 0 Å². The Labute approximate surface area is 164 Å². The molecule has 3 rings (SSSR count). The minimum absolute atomic E-state index is 0.146. The minimum atomic E-state index is -0.435. The van der Waals surface area contributed by atoms with Crippen LogP contribution in [-0.4, -0.2) is 28.0 Å². The van der Waals surface area contributed by atoms with Crippen molar-refractivity contribution in [1.29, 1.82) is 0 Å². The Morgan fingerprint density at radius 2 is 1.85 bits per heavy atom. The van der Waals surface area contributed by atoms with Gasteiger partial charge in [0.15, 0.2) is 5.69 Å². The van der Waals surface area contributed by atoms with E-state index in [0.29, 0.717) is 32.1 Å². The molecule has 0 bridgehead atoms. The Balaban J connectivity index is 1.92. The zero-order valence-electron chi connectivity index (χ0n) is 13.5. The van der Waals surface area contributed by atoms with E-state index in [0.717, 1.165) is 0 Å². The highest BCUT2D eigenvalue weighted by Gasteiger charge is 2.21. The van der Waals surface area contributed by atoms with Crippen LogP contribution in [0.3, 0.4) is 0 Å². The van der Waals surface area contributed by atoms with Crippen LogP contribution in [-0.2, 0) is 11.3 Å². The molecule has 2 aromatic carbocycles. The SMILES string of the molecule is COCc1c(C(=O)Nc2ccc(Cl)c(Cl)c2)nnn1-c1ccc(Cl)cc1. The van der Waals surface area contributed by atoms with Gasteiger partial charge in [-0.2, -0.15) is 0 Å². The molecule has 0 aliphatic carbocycles. The molecule has 0 atom stereocenters. The molecule has 0 spiro atoms. The maximum absolute atomic E-state index is 12.6. The van der Waals surface area contributed by atoms with Gasteiger partial charge >= 0.3 is 0 Å². The number of ether oxygens (including phenoxy) is 1. The molecule has 0 saturated carbocycles. The molecule has 0 saturated heterocycles. The topological polar surface area (TPSA) is 69.0 Å². The number of hydrogen-bond acceptors (Lipinski definition) is 4. The van der Waals surface area contributed by atoms with Crippen LogP contribution >= 0.6 is 34.8 Å². The van der Waals surface area contributed by atoms with Gasteiger partial charge in [0.25, 0.3) is 5.91 Å². The second-order valence-corrected chi connectivity index (χ2v) is 6.54. The van der Waals surface area contributed by atoms with E-state index < -0.39 is 5.91 Å². The van der Waals surface area contributed by atoms with Crippen molar-refractivity contribution < 1.29 is 9.53 Å². The summed E-state index contributed by atoms with van der Waals surface area (Å²) in [7, 11) is 1.53. The molecule has 1 heterocycles. The standard InChI is InChI=1S/C17H13Cl3N4O2/c1-26-9-15-16(17(25)21-11-4-7-13(19)14(20)8-11)22-23-24(15)12-5-2-10(18)3-6-12/h2-8H,9H2,1H3,(H,21,25). The minimum Gasteiger partial charge on any atom is -0.378 e. The van der Waals surface area contributed by atoms with E-state index in [2.05, 4.69) is 15.6 Å². The van der Waals surface area contributed by atoms with Gasteiger partial charge in [-0.3, -0.25) is 4.79 Å². The molecule has 0 fully saturated rings. The van der Waals surface area contributed by atoms with Gasteiger partial charge in [0.2, 0.25) is 0 Å². The summed E-state index contributed by atoms with van der Waals surface area (Å²) in [6.45, 7) is 0.153. The molecule has 3 aromatic rings. The first kappa shape index (κ1) is 18.7. The van der Waals surface area contributed by atoms with Gasteiger partial charge in [-0.05, 0) is 42.5 Å². The largest absolute Gasteiger partial charge is 0.378 e. The van der Waals surface area contributed by atoms with E-state index in [9.17, 15) is 4.79 Å². The number of anilines is 1. The number of carbonyl (C=O) groups is 1. The van der Waals surface area contributed by atoms with Crippen LogP contribution in [0.25, 0.3) is 5.69 Å². The Kier molecular flexibility index (Phi) is 5.78. The first-order chi connectivity index (χ1) is 12.5. The van der Waals surface area contributed by atoms with E-state index >= 15 is 0 Å². The summed E-state index contributed by atoms with van der Waals surface area (Å²) >= 11 is 17.8. The zero-order chi connectivity index (χ0) is 18.7. The summed E-state index contributed by atoms with van der Waals surface area (Å²) in [6, 6.07) is 11.8. The number of aromatic nitrogens is 3. The van der Waals surface area contributed by atoms with E-state index in [4.69, 9.17) is 39.5 Å². The molecule has 0 aliphatic rings. The smallest absolute Gasteiger partial charge is 0.278 e. The molecular weight excluding hydrogens is 399 g/mol. The summed E-state index contributed by atoms with van der Waals surface area (Å²) in [6.07, 6.45) is 0. The number of amides is 1. The van der Waals surface area contributed by atoms with Crippen molar-refractivity contribution in [2.75, 3.05) is 12.4 Å². The lowest BCUT2D eigenvalue weighted by Crippen LogP contribution is -2.16. The van der Waals surface area contributed by atoms with Gasteiger partial charge in [-0.25, -0.2) is 4.68 Å². The zero-order valence-corrected chi connectivity index (χ0v) is 15.8. The first-order valence-electron chi connectivity index (χ1n) is 7.45. The molecule has 9 heteroatoms. The number of halogens is 3. The van der Waals surface area contributed by atoms with Crippen molar-refractivity contribution in [1.82, 2.24) is 15.0 Å². The number of carbonyl (C=O) groups excluding carboxylic acids is 1. The lowest BCUT2D eigenvalue weighted by Gasteiger charge is -2.08. The van der Waals surface area contributed by atoms with Crippen molar-refractivity contribution in [2.24, 2.45) is 0 Å². The van der Waals surface area contributed by atoms with Gasteiger partial charge in [0.05, 0.1) is 22.3 Å². The Hall–Kier alpha value is -2.12. The van der Waals surface area contributed by atoms with E-state index in [-0.39, 0.29) is 12.3 Å². The summed E-state index contributed by atoms with van der Waals surface area (Å²) in [5.41, 5.74) is 1.86. The fourth-order valence-electron chi connectivity index (χ4n) is 2.30. The molecule has 0 radical (unpaired) electrons. The van der Waals surface area contributed by atoms with Gasteiger partial charge in [-0.15, -0.1) is 5.10 Å². The third-order valence-corrected chi connectivity index (χ3v) is 4.50. The molecule has 134 valence electrons. The van der Waals surface area contributed by atoms with Gasteiger partial charge in [0, 0.05) is 17.8 Å². The third-order valence-electron chi connectivity index (χ3n) is 3.51. The molecule has 0 unspecified atom stereocenters. The van der Waals surface area contributed by atoms with Crippen LogP contribution < -0.4 is 5.32 Å². The van der Waals surface area contributed by atoms with Crippen molar-refractivity contribution in [3.63, 3.8) is 0 Å². The highest BCUT2D eigenvalue weighted by Crippen LogP contribution is 2.25. The molecule has 26 heavy (non-hydrogen) atoms. The van der Waals surface area contributed by atoms with E-state index in [1.165, 1.54) is 11.8 Å². The predicted molar refractivity (Wildman–Crippen MR) is 101 cm³/mol. The highest BCUT2D eigenvalue weighted by molar-refractivity contribution is 6.42. The van der Waals surface area contributed by atoms with Crippen molar-refractivity contribution in [2.45, 2.75) is 6.61 Å². The van der Waals surface area contributed by atoms with Crippen molar-refractivity contribution >= 4 is 46.4 Å². The van der Waals surface area contributed by atoms with Crippen LogP contribution in [0.5, 0.6) is 0 Å². The monoisotopic (exact) mass is 410 g/mol. The van der Waals surface area contributed by atoms with Crippen LogP contribution in [0.2, 0.25) is 15.1 Å². The number of benzene rings is 2. The maximum atomic E-state index is 12.6. The Morgan fingerprint density at radius 3 is 2.50 bits per heavy atom. The summed E-state index contributed by atoms with van der Waals surface area (Å²) in [5.74, 6) is -0.435. The Morgan fingerprint density at radius 1 is 1.12 bits per heavy atom. The number of methoxy groups -OCH3 is 1. The molecule has 1 N–H and O–H groups in total. The van der Waals surface area contributed by atoms with E-state index in [1.54, 1.807) is 42.5 Å². The van der Waals surface area contributed by atoms with E-state index in [1.807, 2.05) is 0 Å². The first-order valence-corrected chi connectivity index (χ1v) is 8.59. The lowest BCUT2D eigenvalue weighted by atomic mass is 10.2. The molecule has 0 aliphatic heterocycles. The van der Waals surface area contributed by atoms with Gasteiger partial charge in [0.1, 0.15) is 5.69 Å². The summed E-state index contributed by atoms with van der Waals surface area (Å²) < 4.78 is 6.73. The number of rotatable bonds is 5. The normalized spacial score (nSPS) is 10.8. The number of hydrogen-bond donors (Lipinski definition) is 1. The van der Waals surface area contributed by atoms with Crippen LogP contribution in [0.1, 0.15) is 16.2 Å². The maximum Gasteiger partial charge on any atom is 0.278 e. The molecule has 6 nitrogen and oxygen atoms in total. The molecular formula is C17H13Cl3N4O2. The van der Waals surface area contributed by atoms with Crippen molar-refractivity contribution in [3.8, 4) is 5.69 Å². The van der Waals surface area contributed by atoms with Crippen molar-refractivity contribution in [3.05, 3.63) is 68.9 Å². The summed E-state index contributed by atoms with van der Waals surface area (Å²) in [5, 5.41) is 12.1. The average Bonchev–Trinajstić information content (AvgIpc) is 3.03. The average molecular weight is 412 g/mol. The predicted octanol–water partition coefficient (Wildman–Crippen LogP) is 4.63. The highest BCUT2D eigenvalue weighted by atomic mass is 35.5. The Bertz CT molecular complexity index is 942. The van der Waals surface area contributed by atoms with Crippen LogP contribution in [0.15, 0.2) is 42.5 Å². The molecule has 1 aromatic heterocycles. The quantitative estimate of drug-likeness (QED) is 0.665.